The van der Waals surface area contributed by atoms with E-state index in [1.807, 2.05) is 6.20 Å². The van der Waals surface area contributed by atoms with Crippen molar-refractivity contribution in [1.82, 2.24) is 9.78 Å². The summed E-state index contributed by atoms with van der Waals surface area (Å²) in [4.78, 5) is 0. The molecule has 0 aliphatic carbocycles. The summed E-state index contributed by atoms with van der Waals surface area (Å²) in [6.45, 7) is 0. The first kappa shape index (κ1) is 9.98. The van der Waals surface area contributed by atoms with Gasteiger partial charge in [0.1, 0.15) is 6.07 Å². The fourth-order valence-corrected chi connectivity index (χ4v) is 1.66. The summed E-state index contributed by atoms with van der Waals surface area (Å²) in [5.74, 6) is 0. The van der Waals surface area contributed by atoms with E-state index in [4.69, 9.17) is 11.0 Å². The molecule has 0 atom stereocenters. The topological polar surface area (TPSA) is 67.6 Å². The molecule has 2 rings (SSSR count). The Morgan fingerprint density at radius 1 is 1.47 bits per heavy atom. The van der Waals surface area contributed by atoms with Gasteiger partial charge in [-0.1, -0.05) is 0 Å². The highest BCUT2D eigenvalue weighted by Crippen LogP contribution is 2.17. The van der Waals surface area contributed by atoms with Crippen LogP contribution in [0.5, 0.6) is 0 Å². The molecule has 1 aromatic carbocycles. The summed E-state index contributed by atoms with van der Waals surface area (Å²) in [7, 11) is 0. The highest BCUT2D eigenvalue weighted by atomic mass is 127. The van der Waals surface area contributed by atoms with E-state index in [-0.39, 0.29) is 0 Å². The molecule has 4 nitrogen and oxygen atoms in total. The maximum Gasteiger partial charge on any atom is 0.101 e. The molecule has 1 heterocycles. The number of halogens is 1. The van der Waals surface area contributed by atoms with Gasteiger partial charge in [0.25, 0.3) is 0 Å². The van der Waals surface area contributed by atoms with Crippen molar-refractivity contribution in [3.8, 4) is 11.8 Å². The second kappa shape index (κ2) is 3.90. The van der Waals surface area contributed by atoms with Crippen LogP contribution in [-0.4, -0.2) is 9.78 Å². The van der Waals surface area contributed by atoms with E-state index in [9.17, 15) is 0 Å². The molecule has 2 aromatic rings. The monoisotopic (exact) mass is 310 g/mol. The van der Waals surface area contributed by atoms with Gasteiger partial charge in [-0.15, -0.1) is 0 Å². The van der Waals surface area contributed by atoms with Gasteiger partial charge in [0.15, 0.2) is 0 Å². The number of anilines is 1. The Labute approximate surface area is 100 Å². The molecule has 0 saturated carbocycles. The Morgan fingerprint density at radius 2 is 2.27 bits per heavy atom. The molecule has 74 valence electrons. The summed E-state index contributed by atoms with van der Waals surface area (Å²) in [6, 6.07) is 7.29. The van der Waals surface area contributed by atoms with Crippen molar-refractivity contribution in [3.63, 3.8) is 0 Å². The van der Waals surface area contributed by atoms with Gasteiger partial charge in [-0.25, -0.2) is 4.68 Å². The van der Waals surface area contributed by atoms with Crippen molar-refractivity contribution in [3.05, 3.63) is 39.7 Å². The van der Waals surface area contributed by atoms with Crippen LogP contribution in [0.2, 0.25) is 0 Å². The van der Waals surface area contributed by atoms with Crippen LogP contribution in [0, 0.1) is 14.9 Å². The largest absolute Gasteiger partial charge is 0.399 e. The number of aromatic nitrogens is 2. The lowest BCUT2D eigenvalue weighted by Gasteiger charge is -2.04. The Hall–Kier alpha value is -1.55. The summed E-state index contributed by atoms with van der Waals surface area (Å²) >= 11 is 2.17. The molecule has 0 bridgehead atoms. The smallest absolute Gasteiger partial charge is 0.101 e. The molecule has 0 unspecified atom stereocenters. The van der Waals surface area contributed by atoms with E-state index in [0.29, 0.717) is 11.3 Å². The van der Waals surface area contributed by atoms with E-state index in [1.165, 1.54) is 0 Å². The Morgan fingerprint density at radius 3 is 2.87 bits per heavy atom. The molecular formula is C10H7IN4. The average Bonchev–Trinajstić information content (AvgIpc) is 2.64. The molecule has 0 aliphatic rings. The zero-order chi connectivity index (χ0) is 10.8. The van der Waals surface area contributed by atoms with Crippen molar-refractivity contribution >= 4 is 28.3 Å². The molecule has 0 fully saturated rings. The first-order valence-electron chi connectivity index (χ1n) is 4.21. The van der Waals surface area contributed by atoms with Crippen molar-refractivity contribution in [2.75, 3.05) is 5.73 Å². The van der Waals surface area contributed by atoms with Crippen molar-refractivity contribution < 1.29 is 0 Å². The van der Waals surface area contributed by atoms with Crippen molar-refractivity contribution in [1.29, 1.82) is 5.26 Å². The van der Waals surface area contributed by atoms with E-state index in [2.05, 4.69) is 33.8 Å². The number of benzene rings is 1. The average molecular weight is 310 g/mol. The molecule has 2 N–H and O–H groups in total. The highest BCUT2D eigenvalue weighted by molar-refractivity contribution is 14.1. The molecule has 0 spiro atoms. The third kappa shape index (κ3) is 1.94. The third-order valence-corrected chi connectivity index (χ3v) is 2.50. The summed E-state index contributed by atoms with van der Waals surface area (Å²) in [6.07, 6.45) is 3.59. The summed E-state index contributed by atoms with van der Waals surface area (Å²) in [5, 5.41) is 13.1. The molecule has 1 aromatic heterocycles. The van der Waals surface area contributed by atoms with E-state index in [1.54, 1.807) is 29.1 Å². The van der Waals surface area contributed by atoms with Crippen LogP contribution < -0.4 is 5.73 Å². The maximum absolute atomic E-state index is 8.96. The Bertz CT molecular complexity index is 539. The van der Waals surface area contributed by atoms with Crippen LogP contribution in [-0.2, 0) is 0 Å². The predicted molar refractivity (Wildman–Crippen MR) is 65.4 cm³/mol. The maximum atomic E-state index is 8.96. The summed E-state index contributed by atoms with van der Waals surface area (Å²) < 4.78 is 2.69. The van der Waals surface area contributed by atoms with Gasteiger partial charge in [-0.3, -0.25) is 0 Å². The van der Waals surface area contributed by atoms with Crippen LogP contribution >= 0.6 is 22.6 Å². The van der Waals surface area contributed by atoms with Crippen LogP contribution in [0.15, 0.2) is 30.6 Å². The molecule has 0 aliphatic heterocycles. The van der Waals surface area contributed by atoms with E-state index in [0.717, 1.165) is 9.26 Å². The van der Waals surface area contributed by atoms with Gasteiger partial charge in [-0.05, 0) is 40.8 Å². The second-order valence-corrected chi connectivity index (χ2v) is 4.24. The zero-order valence-corrected chi connectivity index (χ0v) is 9.84. The van der Waals surface area contributed by atoms with Crippen LogP contribution in [0.1, 0.15) is 5.56 Å². The number of hydrogen-bond acceptors (Lipinski definition) is 3. The van der Waals surface area contributed by atoms with E-state index < -0.39 is 0 Å². The van der Waals surface area contributed by atoms with Gasteiger partial charge >= 0.3 is 0 Å². The van der Waals surface area contributed by atoms with Crippen LogP contribution in [0.4, 0.5) is 5.69 Å². The SMILES string of the molecule is N#Cc1cc(N)ccc1-n1cc(I)cn1. The lowest BCUT2D eigenvalue weighted by molar-refractivity contribution is 0.877. The molecular weight excluding hydrogens is 303 g/mol. The van der Waals surface area contributed by atoms with Crippen LogP contribution in [0.3, 0.4) is 0 Å². The van der Waals surface area contributed by atoms with Crippen LogP contribution in [0.25, 0.3) is 5.69 Å². The minimum Gasteiger partial charge on any atom is -0.399 e. The molecule has 5 heteroatoms. The summed E-state index contributed by atoms with van der Waals surface area (Å²) in [5.41, 5.74) is 7.45. The lowest BCUT2D eigenvalue weighted by atomic mass is 10.2. The lowest BCUT2D eigenvalue weighted by Crippen LogP contribution is -1.98. The fourth-order valence-electron chi connectivity index (χ4n) is 1.28. The number of hydrogen-bond donors (Lipinski definition) is 1. The zero-order valence-electron chi connectivity index (χ0n) is 7.68. The number of nitrogens with zero attached hydrogens (tertiary/aromatic N) is 3. The number of rotatable bonds is 1. The van der Waals surface area contributed by atoms with E-state index >= 15 is 0 Å². The Balaban J connectivity index is 2.58. The second-order valence-electron chi connectivity index (χ2n) is 2.99. The minimum atomic E-state index is 0.523. The van der Waals surface area contributed by atoms with Crippen molar-refractivity contribution in [2.24, 2.45) is 0 Å². The molecule has 15 heavy (non-hydrogen) atoms. The van der Waals surface area contributed by atoms with Gasteiger partial charge in [0.2, 0.25) is 0 Å². The first-order valence-corrected chi connectivity index (χ1v) is 5.29. The van der Waals surface area contributed by atoms with Gasteiger partial charge in [0.05, 0.1) is 21.0 Å². The highest BCUT2D eigenvalue weighted by Gasteiger charge is 2.05. The van der Waals surface area contributed by atoms with Gasteiger partial charge < -0.3 is 5.73 Å². The number of nitrogens with two attached hydrogens (primary N) is 1. The molecule has 0 radical (unpaired) electrons. The number of nitriles is 1. The van der Waals surface area contributed by atoms with Gasteiger partial charge in [0, 0.05) is 11.9 Å². The van der Waals surface area contributed by atoms with Gasteiger partial charge in [-0.2, -0.15) is 10.4 Å². The first-order chi connectivity index (χ1) is 7.20. The normalized spacial score (nSPS) is 9.87. The number of nitrogen functional groups attached to an aromatic ring is 1. The molecule has 0 saturated heterocycles. The Kier molecular flexibility index (Phi) is 2.60. The minimum absolute atomic E-state index is 0.523. The van der Waals surface area contributed by atoms with Crippen molar-refractivity contribution in [2.45, 2.75) is 0 Å². The molecule has 0 amide bonds. The predicted octanol–water partition coefficient (Wildman–Crippen LogP) is 1.93. The fraction of sp³-hybridized carbons (Fsp3) is 0. The standard InChI is InChI=1S/C10H7IN4/c11-8-5-14-15(6-8)10-2-1-9(13)3-7(10)4-12/h1-3,5-6H,13H2. The quantitative estimate of drug-likeness (QED) is 0.646. The third-order valence-electron chi connectivity index (χ3n) is 1.94.